The Morgan fingerprint density at radius 2 is 2.14 bits per heavy atom. The minimum Gasteiger partial charge on any atom is -0.385 e. The largest absolute Gasteiger partial charge is 0.385 e. The summed E-state index contributed by atoms with van der Waals surface area (Å²) < 4.78 is 13.8. The number of aliphatic hydroxyl groups is 1. The zero-order valence-electron chi connectivity index (χ0n) is 7.93. The molecule has 1 aromatic carbocycles. The molecule has 76 valence electrons. The lowest BCUT2D eigenvalue weighted by Crippen LogP contribution is -2.04. The molecule has 0 aromatic heterocycles. The van der Waals surface area contributed by atoms with Crippen molar-refractivity contribution in [2.45, 2.75) is 31.5 Å². The maximum Gasteiger partial charge on any atom is 0.123 e. The zero-order valence-corrected chi connectivity index (χ0v) is 9.51. The molecule has 1 unspecified atom stereocenters. The van der Waals surface area contributed by atoms with Gasteiger partial charge >= 0.3 is 0 Å². The van der Waals surface area contributed by atoms with Crippen LogP contribution in [-0.4, -0.2) is 5.11 Å². The van der Waals surface area contributed by atoms with Crippen LogP contribution in [0.15, 0.2) is 22.7 Å². The molecule has 0 amide bonds. The van der Waals surface area contributed by atoms with E-state index in [1.165, 1.54) is 6.92 Å². The van der Waals surface area contributed by atoms with E-state index >= 15 is 0 Å². The first-order valence-electron chi connectivity index (χ1n) is 4.69. The Kier molecular flexibility index (Phi) is 2.40. The van der Waals surface area contributed by atoms with Crippen molar-refractivity contribution in [3.8, 4) is 0 Å². The summed E-state index contributed by atoms with van der Waals surface area (Å²) in [6.07, 6.45) is 0.640. The third kappa shape index (κ3) is 1.71. The lowest BCUT2D eigenvalue weighted by molar-refractivity contribution is 0.151. The van der Waals surface area contributed by atoms with Gasteiger partial charge in [-0.15, -0.1) is 0 Å². The highest BCUT2D eigenvalue weighted by molar-refractivity contribution is 9.10. The summed E-state index contributed by atoms with van der Waals surface area (Å²) in [7, 11) is 0. The summed E-state index contributed by atoms with van der Waals surface area (Å²) in [5, 5.41) is 9.84. The van der Waals surface area contributed by atoms with Gasteiger partial charge in [-0.05, 0) is 37.0 Å². The first-order valence-corrected chi connectivity index (χ1v) is 5.48. The number of alkyl halides is 1. The highest BCUT2D eigenvalue weighted by Crippen LogP contribution is 2.46. The number of rotatable bonds is 2. The predicted octanol–water partition coefficient (Wildman–Crippen LogP) is 3.46. The van der Waals surface area contributed by atoms with Crippen LogP contribution in [-0.2, 0) is 5.60 Å². The van der Waals surface area contributed by atoms with Crippen LogP contribution in [0.25, 0.3) is 0 Å². The zero-order chi connectivity index (χ0) is 10.3. The highest BCUT2D eigenvalue weighted by atomic mass is 79.9. The van der Waals surface area contributed by atoms with Crippen molar-refractivity contribution in [3.05, 3.63) is 33.8 Å². The lowest BCUT2D eigenvalue weighted by Gasteiger charge is -2.11. The van der Waals surface area contributed by atoms with Gasteiger partial charge in [-0.3, -0.25) is 0 Å². The van der Waals surface area contributed by atoms with Gasteiger partial charge in [0.05, 0.1) is 5.60 Å². The van der Waals surface area contributed by atoms with E-state index in [0.717, 1.165) is 22.9 Å². The van der Waals surface area contributed by atoms with Crippen LogP contribution < -0.4 is 0 Å². The third-order valence-corrected chi connectivity index (χ3v) is 3.38. The molecule has 1 atom stereocenters. The summed E-state index contributed by atoms with van der Waals surface area (Å²) in [5.74, 6) is 0. The fourth-order valence-electron chi connectivity index (χ4n) is 1.55. The summed E-state index contributed by atoms with van der Waals surface area (Å²) in [6, 6.07) is 5.36. The Hall–Kier alpha value is -0.410. The van der Waals surface area contributed by atoms with Gasteiger partial charge in [0, 0.05) is 4.47 Å². The van der Waals surface area contributed by atoms with E-state index in [-0.39, 0.29) is 0 Å². The maximum absolute atomic E-state index is 13.0. The molecule has 1 aliphatic rings. The fraction of sp³-hybridized carbons (Fsp3) is 0.455. The molecule has 0 spiro atoms. The third-order valence-electron chi connectivity index (χ3n) is 2.69. The smallest absolute Gasteiger partial charge is 0.123 e. The van der Waals surface area contributed by atoms with Crippen molar-refractivity contribution >= 4 is 15.9 Å². The van der Waals surface area contributed by atoms with Crippen LogP contribution in [0.1, 0.15) is 37.1 Å². The molecule has 14 heavy (non-hydrogen) atoms. The molecule has 0 aliphatic heterocycles. The van der Waals surface area contributed by atoms with E-state index in [1.54, 1.807) is 6.07 Å². The molecular weight excluding hydrogens is 247 g/mol. The number of hydrogen-bond donors (Lipinski definition) is 1. The quantitative estimate of drug-likeness (QED) is 0.862. The molecule has 0 radical (unpaired) electrons. The van der Waals surface area contributed by atoms with Crippen molar-refractivity contribution in [1.29, 1.82) is 0 Å². The van der Waals surface area contributed by atoms with Crippen LogP contribution >= 0.6 is 15.9 Å². The van der Waals surface area contributed by atoms with Gasteiger partial charge in [-0.25, -0.2) is 4.39 Å². The second-order valence-electron chi connectivity index (χ2n) is 3.88. The molecule has 0 saturated heterocycles. The Bertz CT molecular complexity index is 358. The molecule has 1 aliphatic carbocycles. The molecule has 1 saturated carbocycles. The first-order chi connectivity index (χ1) is 6.53. The normalized spacial score (nSPS) is 20.6. The van der Waals surface area contributed by atoms with Crippen molar-refractivity contribution in [2.24, 2.45) is 0 Å². The van der Waals surface area contributed by atoms with Crippen molar-refractivity contribution in [1.82, 2.24) is 0 Å². The minimum atomic E-state index is -0.979. The van der Waals surface area contributed by atoms with Gasteiger partial charge in [0.15, 0.2) is 0 Å². The van der Waals surface area contributed by atoms with Gasteiger partial charge in [0.25, 0.3) is 0 Å². The minimum absolute atomic E-state index is 0.637. The Labute approximate surface area is 91.1 Å². The lowest BCUT2D eigenvalue weighted by atomic mass is 10.0. The monoisotopic (exact) mass is 258 g/mol. The number of benzene rings is 1. The Balaban J connectivity index is 2.36. The van der Waals surface area contributed by atoms with E-state index in [1.807, 2.05) is 12.1 Å². The van der Waals surface area contributed by atoms with Crippen LogP contribution in [0.4, 0.5) is 4.39 Å². The van der Waals surface area contributed by atoms with E-state index in [4.69, 9.17) is 0 Å². The average Bonchev–Trinajstić information content (AvgIpc) is 2.84. The second kappa shape index (κ2) is 3.31. The molecule has 2 rings (SSSR count). The maximum atomic E-state index is 13.0. The molecule has 3 heteroatoms. The van der Waals surface area contributed by atoms with Crippen molar-refractivity contribution < 1.29 is 9.50 Å². The fourth-order valence-corrected chi connectivity index (χ4v) is 2.24. The predicted molar refractivity (Wildman–Crippen MR) is 56.8 cm³/mol. The van der Waals surface area contributed by atoms with Crippen LogP contribution in [0.2, 0.25) is 0 Å². The van der Waals surface area contributed by atoms with Crippen LogP contribution in [0.3, 0.4) is 0 Å². The Morgan fingerprint density at radius 1 is 1.50 bits per heavy atom. The SMILES string of the molecule is CC(F)c1ccc(C2(O)CC2)cc1Br. The molecule has 1 aromatic rings. The van der Waals surface area contributed by atoms with Gasteiger partial charge in [0.2, 0.25) is 0 Å². The average molecular weight is 259 g/mol. The molecule has 1 fully saturated rings. The van der Waals surface area contributed by atoms with Crippen LogP contribution in [0.5, 0.6) is 0 Å². The molecule has 0 bridgehead atoms. The second-order valence-corrected chi connectivity index (χ2v) is 4.74. The highest BCUT2D eigenvalue weighted by Gasteiger charge is 2.42. The topological polar surface area (TPSA) is 20.2 Å². The summed E-state index contributed by atoms with van der Waals surface area (Å²) in [6.45, 7) is 1.51. The summed E-state index contributed by atoms with van der Waals surface area (Å²) in [4.78, 5) is 0. The molecular formula is C11H12BrFO. The van der Waals surface area contributed by atoms with E-state index < -0.39 is 11.8 Å². The van der Waals surface area contributed by atoms with Crippen molar-refractivity contribution in [3.63, 3.8) is 0 Å². The standard InChI is InChI=1S/C11H12BrFO/c1-7(13)9-3-2-8(6-10(9)12)11(14)4-5-11/h2-3,6-7,14H,4-5H2,1H3. The molecule has 0 heterocycles. The Morgan fingerprint density at radius 3 is 2.57 bits per heavy atom. The van der Waals surface area contributed by atoms with E-state index in [9.17, 15) is 9.50 Å². The number of halogens is 2. The van der Waals surface area contributed by atoms with E-state index in [0.29, 0.717) is 5.56 Å². The summed E-state index contributed by atoms with van der Waals surface area (Å²) >= 11 is 3.32. The summed E-state index contributed by atoms with van der Waals surface area (Å²) in [5.41, 5.74) is 0.882. The first kappa shape index (κ1) is 10.1. The van der Waals surface area contributed by atoms with Gasteiger partial charge in [-0.2, -0.15) is 0 Å². The van der Waals surface area contributed by atoms with Gasteiger partial charge in [-0.1, -0.05) is 28.1 Å². The molecule has 1 N–H and O–H groups in total. The van der Waals surface area contributed by atoms with Gasteiger partial charge in [0.1, 0.15) is 6.17 Å². The molecule has 1 nitrogen and oxygen atoms in total. The number of hydrogen-bond acceptors (Lipinski definition) is 1. The van der Waals surface area contributed by atoms with Gasteiger partial charge < -0.3 is 5.11 Å². The van der Waals surface area contributed by atoms with Crippen molar-refractivity contribution in [2.75, 3.05) is 0 Å². The van der Waals surface area contributed by atoms with Crippen LogP contribution in [0, 0.1) is 0 Å². The van der Waals surface area contributed by atoms with E-state index in [2.05, 4.69) is 15.9 Å².